The number of aryl methyl sites for hydroxylation is 1. The topological polar surface area (TPSA) is 68.8 Å². The van der Waals surface area contributed by atoms with Crippen molar-refractivity contribution in [2.24, 2.45) is 7.05 Å². The van der Waals surface area contributed by atoms with Crippen LogP contribution in [0.15, 0.2) is 24.5 Å². The molecule has 0 aliphatic carbocycles. The summed E-state index contributed by atoms with van der Waals surface area (Å²) in [5, 5.41) is 7.36. The molecule has 0 amide bonds. The summed E-state index contributed by atoms with van der Waals surface area (Å²) < 4.78 is 1.66. The van der Waals surface area contributed by atoms with Crippen molar-refractivity contribution < 1.29 is 0 Å². The highest BCUT2D eigenvalue weighted by Crippen LogP contribution is 2.22. The first-order valence-electron chi connectivity index (χ1n) is 6.34. The van der Waals surface area contributed by atoms with E-state index in [4.69, 9.17) is 5.73 Å². The highest BCUT2D eigenvalue weighted by Gasteiger charge is 2.13. The second kappa shape index (κ2) is 4.91. The molecule has 2 aromatic heterocycles. The quantitative estimate of drug-likeness (QED) is 0.887. The maximum Gasteiger partial charge on any atom is 0.126 e. The fourth-order valence-corrected chi connectivity index (χ4v) is 1.76. The van der Waals surface area contributed by atoms with E-state index in [2.05, 4.69) is 42.2 Å². The average molecular weight is 259 g/mol. The number of hydrogen-bond donors (Lipinski definition) is 2. The largest absolute Gasteiger partial charge is 0.384 e. The van der Waals surface area contributed by atoms with Gasteiger partial charge in [-0.3, -0.25) is 4.68 Å². The Labute approximate surface area is 113 Å². The molecular formula is C14H21N5. The molecule has 0 aliphatic heterocycles. The van der Waals surface area contributed by atoms with Gasteiger partial charge in [0.05, 0.1) is 6.20 Å². The molecule has 3 N–H and O–H groups in total. The average Bonchev–Trinajstić information content (AvgIpc) is 2.67. The normalized spacial score (nSPS) is 11.6. The van der Waals surface area contributed by atoms with Crippen LogP contribution >= 0.6 is 0 Å². The monoisotopic (exact) mass is 259 g/mol. The predicted octanol–water partition coefficient (Wildman–Crippen LogP) is 2.31. The summed E-state index contributed by atoms with van der Waals surface area (Å²) in [6, 6.07) is 4.09. The Kier molecular flexibility index (Phi) is 3.46. The van der Waals surface area contributed by atoms with Crippen LogP contribution in [-0.4, -0.2) is 14.8 Å². The van der Waals surface area contributed by atoms with Gasteiger partial charge in [0.25, 0.3) is 0 Å². The molecule has 5 heteroatoms. The van der Waals surface area contributed by atoms with Crippen molar-refractivity contribution in [2.75, 3.05) is 11.1 Å². The van der Waals surface area contributed by atoms with Gasteiger partial charge in [0.2, 0.25) is 0 Å². The van der Waals surface area contributed by atoms with Gasteiger partial charge in [-0.05, 0) is 17.0 Å². The molecule has 0 atom stereocenters. The SMILES string of the molecule is Cn1ncc(CNc2ccc(C(C)(C)C)cn2)c1N. The molecule has 2 heterocycles. The number of nitrogen functional groups attached to an aromatic ring is 1. The minimum atomic E-state index is 0.124. The molecule has 19 heavy (non-hydrogen) atoms. The summed E-state index contributed by atoms with van der Waals surface area (Å²) in [4.78, 5) is 4.42. The molecular weight excluding hydrogens is 238 g/mol. The minimum absolute atomic E-state index is 0.124. The summed E-state index contributed by atoms with van der Waals surface area (Å²) in [6.45, 7) is 7.15. The van der Waals surface area contributed by atoms with Gasteiger partial charge in [0, 0.05) is 25.4 Å². The summed E-state index contributed by atoms with van der Waals surface area (Å²) in [6.07, 6.45) is 3.68. The lowest BCUT2D eigenvalue weighted by Gasteiger charge is -2.18. The van der Waals surface area contributed by atoms with E-state index in [-0.39, 0.29) is 5.41 Å². The van der Waals surface area contributed by atoms with Crippen LogP contribution in [-0.2, 0) is 19.0 Å². The van der Waals surface area contributed by atoms with Crippen molar-refractivity contribution in [1.82, 2.24) is 14.8 Å². The predicted molar refractivity (Wildman–Crippen MR) is 77.9 cm³/mol. The Balaban J connectivity index is 2.03. The number of anilines is 2. The number of pyridine rings is 1. The van der Waals surface area contributed by atoms with Gasteiger partial charge in [-0.25, -0.2) is 4.98 Å². The van der Waals surface area contributed by atoms with Gasteiger partial charge >= 0.3 is 0 Å². The van der Waals surface area contributed by atoms with Gasteiger partial charge in [-0.1, -0.05) is 26.8 Å². The van der Waals surface area contributed by atoms with Crippen LogP contribution in [0.2, 0.25) is 0 Å². The molecule has 2 aromatic rings. The minimum Gasteiger partial charge on any atom is -0.384 e. The molecule has 0 spiro atoms. The Morgan fingerprint density at radius 2 is 2.00 bits per heavy atom. The molecule has 0 bridgehead atoms. The number of rotatable bonds is 3. The van der Waals surface area contributed by atoms with Crippen molar-refractivity contribution in [1.29, 1.82) is 0 Å². The van der Waals surface area contributed by atoms with Crippen LogP contribution in [0.3, 0.4) is 0 Å². The van der Waals surface area contributed by atoms with E-state index in [1.165, 1.54) is 5.56 Å². The van der Waals surface area contributed by atoms with E-state index in [0.717, 1.165) is 11.4 Å². The summed E-state index contributed by atoms with van der Waals surface area (Å²) in [7, 11) is 1.83. The van der Waals surface area contributed by atoms with Crippen molar-refractivity contribution in [2.45, 2.75) is 32.7 Å². The molecule has 0 unspecified atom stereocenters. The fraction of sp³-hybridized carbons (Fsp3) is 0.429. The number of hydrogen-bond acceptors (Lipinski definition) is 4. The second-order valence-electron chi connectivity index (χ2n) is 5.71. The van der Waals surface area contributed by atoms with E-state index in [9.17, 15) is 0 Å². The zero-order chi connectivity index (χ0) is 14.0. The Hall–Kier alpha value is -2.04. The first-order chi connectivity index (χ1) is 8.88. The van der Waals surface area contributed by atoms with Crippen LogP contribution in [0, 0.1) is 0 Å². The van der Waals surface area contributed by atoms with Crippen LogP contribution in [0.1, 0.15) is 31.9 Å². The number of nitrogens with one attached hydrogen (secondary N) is 1. The third kappa shape index (κ3) is 3.05. The van der Waals surface area contributed by atoms with Crippen LogP contribution in [0.25, 0.3) is 0 Å². The van der Waals surface area contributed by atoms with Crippen LogP contribution in [0.5, 0.6) is 0 Å². The summed E-state index contributed by atoms with van der Waals surface area (Å²) in [5.74, 6) is 1.52. The maximum absolute atomic E-state index is 5.89. The van der Waals surface area contributed by atoms with Crippen LogP contribution < -0.4 is 11.1 Å². The van der Waals surface area contributed by atoms with Gasteiger partial charge in [-0.15, -0.1) is 0 Å². The van der Waals surface area contributed by atoms with Gasteiger partial charge in [0.1, 0.15) is 11.6 Å². The highest BCUT2D eigenvalue weighted by atomic mass is 15.3. The molecule has 0 aliphatic rings. The number of aromatic nitrogens is 3. The van der Waals surface area contributed by atoms with Crippen molar-refractivity contribution in [3.8, 4) is 0 Å². The Morgan fingerprint density at radius 3 is 2.47 bits per heavy atom. The first-order valence-corrected chi connectivity index (χ1v) is 6.34. The fourth-order valence-electron chi connectivity index (χ4n) is 1.76. The van der Waals surface area contributed by atoms with Crippen molar-refractivity contribution >= 4 is 11.6 Å². The lowest BCUT2D eigenvalue weighted by atomic mass is 9.88. The highest BCUT2D eigenvalue weighted by molar-refractivity contribution is 5.43. The third-order valence-corrected chi connectivity index (χ3v) is 3.15. The molecule has 5 nitrogen and oxygen atoms in total. The van der Waals surface area contributed by atoms with Gasteiger partial charge in [-0.2, -0.15) is 5.10 Å². The molecule has 0 fully saturated rings. The third-order valence-electron chi connectivity index (χ3n) is 3.15. The van der Waals surface area contributed by atoms with E-state index in [0.29, 0.717) is 12.4 Å². The zero-order valence-electron chi connectivity index (χ0n) is 11.9. The molecule has 0 saturated carbocycles. The van der Waals surface area contributed by atoms with Crippen LogP contribution in [0.4, 0.5) is 11.6 Å². The number of nitrogens with zero attached hydrogens (tertiary/aromatic N) is 3. The molecule has 102 valence electrons. The van der Waals surface area contributed by atoms with Gasteiger partial charge in [0.15, 0.2) is 0 Å². The smallest absolute Gasteiger partial charge is 0.126 e. The molecule has 0 radical (unpaired) electrons. The first kappa shape index (κ1) is 13.4. The van der Waals surface area contributed by atoms with Crippen molar-refractivity contribution in [3.05, 3.63) is 35.7 Å². The lowest BCUT2D eigenvalue weighted by molar-refractivity contribution is 0.587. The summed E-state index contributed by atoms with van der Waals surface area (Å²) >= 11 is 0. The standard InChI is InChI=1S/C14H21N5/c1-14(2,3)11-5-6-12(17-9-11)16-7-10-8-18-19(4)13(10)15/h5-6,8-9H,7,15H2,1-4H3,(H,16,17). The summed E-state index contributed by atoms with van der Waals surface area (Å²) in [5.41, 5.74) is 8.21. The van der Waals surface area contributed by atoms with E-state index < -0.39 is 0 Å². The van der Waals surface area contributed by atoms with E-state index in [1.807, 2.05) is 19.3 Å². The molecule has 0 aromatic carbocycles. The second-order valence-corrected chi connectivity index (χ2v) is 5.71. The molecule has 0 saturated heterocycles. The Morgan fingerprint density at radius 1 is 1.26 bits per heavy atom. The van der Waals surface area contributed by atoms with Gasteiger partial charge < -0.3 is 11.1 Å². The van der Waals surface area contributed by atoms with Crippen molar-refractivity contribution in [3.63, 3.8) is 0 Å². The lowest BCUT2D eigenvalue weighted by Crippen LogP contribution is -2.12. The van der Waals surface area contributed by atoms with E-state index >= 15 is 0 Å². The van der Waals surface area contributed by atoms with E-state index in [1.54, 1.807) is 10.9 Å². The number of nitrogens with two attached hydrogens (primary N) is 1. The molecule has 2 rings (SSSR count). The zero-order valence-corrected chi connectivity index (χ0v) is 11.9. The Bertz CT molecular complexity index is 548. The maximum atomic E-state index is 5.89.